The summed E-state index contributed by atoms with van der Waals surface area (Å²) in [6.07, 6.45) is 2.29. The SMILES string of the molecule is CCCCNc1nc(C)cc(NC(C)c2ccccc2)n1. The third-order valence-corrected chi connectivity index (χ3v) is 3.33. The number of nitrogens with zero attached hydrogens (tertiary/aromatic N) is 2. The first-order valence-corrected chi connectivity index (χ1v) is 7.60. The summed E-state index contributed by atoms with van der Waals surface area (Å²) in [7, 11) is 0. The van der Waals surface area contributed by atoms with Crippen LogP contribution in [0.2, 0.25) is 0 Å². The molecule has 4 nitrogen and oxygen atoms in total. The molecule has 1 atom stereocenters. The number of aromatic nitrogens is 2. The Balaban J connectivity index is 2.05. The standard InChI is InChI=1S/C17H24N4/c1-4-5-11-18-17-19-13(2)12-16(21-17)20-14(3)15-9-7-6-8-10-15/h6-10,12,14H,4-5,11H2,1-3H3,(H2,18,19,20,21). The molecular weight excluding hydrogens is 260 g/mol. The highest BCUT2D eigenvalue weighted by Gasteiger charge is 2.07. The molecule has 0 bridgehead atoms. The largest absolute Gasteiger partial charge is 0.363 e. The Labute approximate surface area is 127 Å². The van der Waals surface area contributed by atoms with E-state index in [-0.39, 0.29) is 6.04 Å². The Bertz CT molecular complexity index is 554. The fraction of sp³-hybridized carbons (Fsp3) is 0.412. The molecule has 0 radical (unpaired) electrons. The monoisotopic (exact) mass is 284 g/mol. The van der Waals surface area contributed by atoms with Crippen molar-refractivity contribution in [2.75, 3.05) is 17.2 Å². The Morgan fingerprint density at radius 2 is 1.90 bits per heavy atom. The van der Waals surface area contributed by atoms with Crippen LogP contribution >= 0.6 is 0 Å². The van der Waals surface area contributed by atoms with Gasteiger partial charge in [-0.3, -0.25) is 0 Å². The van der Waals surface area contributed by atoms with Crippen LogP contribution in [0, 0.1) is 6.92 Å². The van der Waals surface area contributed by atoms with Gasteiger partial charge in [-0.15, -0.1) is 0 Å². The van der Waals surface area contributed by atoms with Crippen molar-refractivity contribution in [2.24, 2.45) is 0 Å². The zero-order valence-corrected chi connectivity index (χ0v) is 13.1. The topological polar surface area (TPSA) is 49.8 Å². The van der Waals surface area contributed by atoms with Gasteiger partial charge < -0.3 is 10.6 Å². The third-order valence-electron chi connectivity index (χ3n) is 3.33. The summed E-state index contributed by atoms with van der Waals surface area (Å²) in [5.74, 6) is 1.56. The average molecular weight is 284 g/mol. The minimum Gasteiger partial charge on any atom is -0.363 e. The van der Waals surface area contributed by atoms with E-state index in [1.54, 1.807) is 0 Å². The normalized spacial score (nSPS) is 12.0. The number of benzene rings is 1. The highest BCUT2D eigenvalue weighted by molar-refractivity contribution is 5.44. The van der Waals surface area contributed by atoms with E-state index >= 15 is 0 Å². The van der Waals surface area contributed by atoms with E-state index in [9.17, 15) is 0 Å². The van der Waals surface area contributed by atoms with Gasteiger partial charge in [-0.2, -0.15) is 4.98 Å². The zero-order chi connectivity index (χ0) is 15.1. The predicted molar refractivity (Wildman–Crippen MR) is 88.6 cm³/mol. The minimum absolute atomic E-state index is 0.212. The molecule has 1 aromatic heterocycles. The molecule has 0 saturated carbocycles. The Hall–Kier alpha value is -2.10. The molecule has 1 aromatic carbocycles. The van der Waals surface area contributed by atoms with Crippen LogP contribution in [0.4, 0.5) is 11.8 Å². The molecule has 0 fully saturated rings. The van der Waals surface area contributed by atoms with Crippen molar-refractivity contribution in [3.8, 4) is 0 Å². The molecule has 2 N–H and O–H groups in total. The number of rotatable bonds is 7. The summed E-state index contributed by atoms with van der Waals surface area (Å²) >= 11 is 0. The molecule has 4 heteroatoms. The van der Waals surface area contributed by atoms with Gasteiger partial charge in [0.05, 0.1) is 0 Å². The number of aryl methyl sites for hydroxylation is 1. The molecule has 0 saturated heterocycles. The van der Waals surface area contributed by atoms with Gasteiger partial charge in [0, 0.05) is 24.3 Å². The van der Waals surface area contributed by atoms with E-state index in [0.29, 0.717) is 5.95 Å². The molecule has 0 aliphatic heterocycles. The molecule has 0 spiro atoms. The van der Waals surface area contributed by atoms with Crippen molar-refractivity contribution < 1.29 is 0 Å². The van der Waals surface area contributed by atoms with Crippen molar-refractivity contribution in [1.29, 1.82) is 0 Å². The van der Waals surface area contributed by atoms with Crippen LogP contribution in [-0.2, 0) is 0 Å². The van der Waals surface area contributed by atoms with Crippen LogP contribution < -0.4 is 10.6 Å². The summed E-state index contributed by atoms with van der Waals surface area (Å²) in [5, 5.41) is 6.72. The molecule has 112 valence electrons. The van der Waals surface area contributed by atoms with E-state index in [4.69, 9.17) is 0 Å². The second kappa shape index (κ2) is 7.62. The lowest BCUT2D eigenvalue weighted by atomic mass is 10.1. The minimum atomic E-state index is 0.212. The molecule has 2 aromatic rings. The van der Waals surface area contributed by atoms with E-state index in [1.807, 2.05) is 19.1 Å². The lowest BCUT2D eigenvalue weighted by Gasteiger charge is -2.16. The second-order valence-electron chi connectivity index (χ2n) is 5.28. The Morgan fingerprint density at radius 1 is 1.14 bits per heavy atom. The van der Waals surface area contributed by atoms with Crippen molar-refractivity contribution >= 4 is 11.8 Å². The zero-order valence-electron chi connectivity index (χ0n) is 13.1. The molecule has 2 rings (SSSR count). The van der Waals surface area contributed by atoms with Gasteiger partial charge in [-0.25, -0.2) is 4.98 Å². The quantitative estimate of drug-likeness (QED) is 0.749. The average Bonchev–Trinajstić information content (AvgIpc) is 2.48. The van der Waals surface area contributed by atoms with Crippen molar-refractivity contribution in [1.82, 2.24) is 9.97 Å². The molecule has 0 aliphatic carbocycles. The van der Waals surface area contributed by atoms with E-state index in [0.717, 1.165) is 30.9 Å². The van der Waals surface area contributed by atoms with Gasteiger partial charge in [0.2, 0.25) is 5.95 Å². The van der Waals surface area contributed by atoms with Crippen LogP contribution in [-0.4, -0.2) is 16.5 Å². The van der Waals surface area contributed by atoms with Crippen LogP contribution in [0.5, 0.6) is 0 Å². The summed E-state index contributed by atoms with van der Waals surface area (Å²) in [6, 6.07) is 12.6. The first-order chi connectivity index (χ1) is 10.2. The highest BCUT2D eigenvalue weighted by Crippen LogP contribution is 2.18. The predicted octanol–water partition coefficient (Wildman–Crippen LogP) is 4.17. The number of hydrogen-bond donors (Lipinski definition) is 2. The number of hydrogen-bond acceptors (Lipinski definition) is 4. The van der Waals surface area contributed by atoms with Gasteiger partial charge in [0.1, 0.15) is 5.82 Å². The maximum atomic E-state index is 4.54. The maximum absolute atomic E-state index is 4.54. The highest BCUT2D eigenvalue weighted by atomic mass is 15.1. The molecule has 1 unspecified atom stereocenters. The summed E-state index contributed by atoms with van der Waals surface area (Å²) in [6.45, 7) is 7.21. The van der Waals surface area contributed by atoms with Gasteiger partial charge in [-0.05, 0) is 25.8 Å². The van der Waals surface area contributed by atoms with Crippen molar-refractivity contribution in [3.05, 3.63) is 47.7 Å². The van der Waals surface area contributed by atoms with Crippen LogP contribution in [0.15, 0.2) is 36.4 Å². The second-order valence-corrected chi connectivity index (χ2v) is 5.28. The van der Waals surface area contributed by atoms with Gasteiger partial charge >= 0.3 is 0 Å². The summed E-state index contributed by atoms with van der Waals surface area (Å²) in [5.41, 5.74) is 2.21. The van der Waals surface area contributed by atoms with Gasteiger partial charge in [-0.1, -0.05) is 43.7 Å². The van der Waals surface area contributed by atoms with Crippen LogP contribution in [0.25, 0.3) is 0 Å². The van der Waals surface area contributed by atoms with Crippen molar-refractivity contribution in [3.63, 3.8) is 0 Å². The lowest BCUT2D eigenvalue weighted by molar-refractivity contribution is 0.823. The molecule has 1 heterocycles. The van der Waals surface area contributed by atoms with Gasteiger partial charge in [0.25, 0.3) is 0 Å². The lowest BCUT2D eigenvalue weighted by Crippen LogP contribution is -2.11. The van der Waals surface area contributed by atoms with Gasteiger partial charge in [0.15, 0.2) is 0 Å². The summed E-state index contributed by atoms with van der Waals surface area (Å²) < 4.78 is 0. The molecule has 21 heavy (non-hydrogen) atoms. The Kier molecular flexibility index (Phi) is 5.55. The molecular formula is C17H24N4. The number of anilines is 2. The third kappa shape index (κ3) is 4.74. The van der Waals surface area contributed by atoms with Crippen LogP contribution in [0.3, 0.4) is 0 Å². The fourth-order valence-corrected chi connectivity index (χ4v) is 2.15. The summed E-state index contributed by atoms with van der Waals surface area (Å²) in [4.78, 5) is 8.96. The van der Waals surface area contributed by atoms with E-state index in [2.05, 4.69) is 58.7 Å². The first-order valence-electron chi connectivity index (χ1n) is 7.60. The Morgan fingerprint density at radius 3 is 2.62 bits per heavy atom. The maximum Gasteiger partial charge on any atom is 0.224 e. The number of nitrogens with one attached hydrogen (secondary N) is 2. The fourth-order valence-electron chi connectivity index (χ4n) is 2.15. The van der Waals surface area contributed by atoms with E-state index < -0.39 is 0 Å². The number of unbranched alkanes of at least 4 members (excludes halogenated alkanes) is 1. The van der Waals surface area contributed by atoms with E-state index in [1.165, 1.54) is 5.56 Å². The smallest absolute Gasteiger partial charge is 0.224 e. The van der Waals surface area contributed by atoms with Crippen molar-refractivity contribution in [2.45, 2.75) is 39.7 Å². The van der Waals surface area contributed by atoms with Crippen LogP contribution in [0.1, 0.15) is 44.0 Å². The molecule has 0 amide bonds. The molecule has 0 aliphatic rings. The first kappa shape index (κ1) is 15.3.